The van der Waals surface area contributed by atoms with E-state index in [9.17, 15) is 0 Å². The molecule has 2 rings (SSSR count). The highest BCUT2D eigenvalue weighted by molar-refractivity contribution is 5.33. The van der Waals surface area contributed by atoms with Crippen molar-refractivity contribution in [3.63, 3.8) is 0 Å². The van der Waals surface area contributed by atoms with Crippen molar-refractivity contribution < 1.29 is 9.15 Å². The van der Waals surface area contributed by atoms with Gasteiger partial charge in [-0.1, -0.05) is 36.0 Å². The number of furan rings is 1. The van der Waals surface area contributed by atoms with E-state index >= 15 is 0 Å². The first-order valence-electron chi connectivity index (χ1n) is 5.59. The summed E-state index contributed by atoms with van der Waals surface area (Å²) in [5, 5.41) is 0. The third-order valence-electron chi connectivity index (χ3n) is 2.09. The molecule has 0 N–H and O–H groups in total. The van der Waals surface area contributed by atoms with E-state index in [-0.39, 0.29) is 0 Å². The lowest BCUT2D eigenvalue weighted by Crippen LogP contribution is -1.91. The molecule has 0 fully saturated rings. The number of hydrogen-bond acceptors (Lipinski definition) is 2. The maximum Gasteiger partial charge on any atom is 0.176 e. The first kappa shape index (κ1) is 12.0. The topological polar surface area (TPSA) is 22.4 Å². The van der Waals surface area contributed by atoms with Gasteiger partial charge in [0.25, 0.3) is 0 Å². The normalized spacial score (nSPS) is 8.89. The minimum atomic E-state index is 0.351. The van der Waals surface area contributed by atoms with Crippen LogP contribution in [-0.4, -0.2) is 13.2 Å². The molecule has 0 radical (unpaired) electrons. The lowest BCUT2D eigenvalue weighted by Gasteiger charge is -1.90. The highest BCUT2D eigenvalue weighted by Crippen LogP contribution is 1.96. The number of benzene rings is 1. The van der Waals surface area contributed by atoms with Crippen molar-refractivity contribution in [3.8, 4) is 23.7 Å². The SMILES string of the molecule is C(#Cc1ccccc1)COCC#Cc1ccco1. The summed E-state index contributed by atoms with van der Waals surface area (Å²) in [5.41, 5.74) is 0.989. The molecule has 1 aromatic heterocycles. The summed E-state index contributed by atoms with van der Waals surface area (Å²) < 4.78 is 10.3. The standard InChI is InChI=1S/C16H12O2/c1-2-7-15(8-3-1)9-4-12-17-13-5-10-16-11-6-14-18-16/h1-3,6-8,11,14H,12-13H2. The van der Waals surface area contributed by atoms with Crippen LogP contribution in [0.3, 0.4) is 0 Å². The van der Waals surface area contributed by atoms with Crippen LogP contribution in [-0.2, 0) is 4.74 Å². The van der Waals surface area contributed by atoms with Crippen LogP contribution < -0.4 is 0 Å². The maximum atomic E-state index is 5.26. The third kappa shape index (κ3) is 4.22. The maximum absolute atomic E-state index is 5.26. The van der Waals surface area contributed by atoms with Gasteiger partial charge in [0.05, 0.1) is 6.26 Å². The molecule has 0 saturated carbocycles. The Morgan fingerprint density at radius 1 is 0.889 bits per heavy atom. The molecule has 88 valence electrons. The van der Waals surface area contributed by atoms with Crippen LogP contribution in [0.5, 0.6) is 0 Å². The van der Waals surface area contributed by atoms with Gasteiger partial charge in [-0.3, -0.25) is 0 Å². The zero-order chi connectivity index (χ0) is 12.5. The summed E-state index contributed by atoms with van der Waals surface area (Å²) in [4.78, 5) is 0. The van der Waals surface area contributed by atoms with Crippen molar-refractivity contribution >= 4 is 0 Å². The fraction of sp³-hybridized carbons (Fsp3) is 0.125. The molecule has 0 unspecified atom stereocenters. The zero-order valence-electron chi connectivity index (χ0n) is 9.85. The first-order valence-corrected chi connectivity index (χ1v) is 5.59. The van der Waals surface area contributed by atoms with E-state index in [0.717, 1.165) is 5.56 Å². The summed E-state index contributed by atoms with van der Waals surface area (Å²) >= 11 is 0. The van der Waals surface area contributed by atoms with E-state index in [2.05, 4.69) is 23.7 Å². The van der Waals surface area contributed by atoms with Crippen LogP contribution in [0, 0.1) is 23.7 Å². The largest absolute Gasteiger partial charge is 0.456 e. The molecule has 0 bridgehead atoms. The molecule has 2 aromatic rings. The van der Waals surface area contributed by atoms with Gasteiger partial charge in [-0.15, -0.1) is 0 Å². The average Bonchev–Trinajstić information content (AvgIpc) is 2.92. The van der Waals surface area contributed by atoms with Crippen molar-refractivity contribution in [1.82, 2.24) is 0 Å². The summed E-state index contributed by atoms with van der Waals surface area (Å²) in [5.74, 6) is 12.3. The van der Waals surface area contributed by atoms with E-state index in [1.165, 1.54) is 0 Å². The smallest absolute Gasteiger partial charge is 0.176 e. The Morgan fingerprint density at radius 2 is 1.67 bits per heavy atom. The molecule has 0 aliphatic rings. The molecule has 1 heterocycles. The average molecular weight is 236 g/mol. The second-order valence-corrected chi connectivity index (χ2v) is 3.44. The van der Waals surface area contributed by atoms with Gasteiger partial charge in [0, 0.05) is 5.56 Å². The zero-order valence-corrected chi connectivity index (χ0v) is 9.85. The molecule has 0 aliphatic carbocycles. The van der Waals surface area contributed by atoms with E-state index < -0.39 is 0 Å². The van der Waals surface area contributed by atoms with Gasteiger partial charge in [-0.05, 0) is 30.2 Å². The lowest BCUT2D eigenvalue weighted by atomic mass is 10.2. The summed E-state index contributed by atoms with van der Waals surface area (Å²) in [6.45, 7) is 0.728. The summed E-state index contributed by atoms with van der Waals surface area (Å²) in [6.07, 6.45) is 1.59. The first-order chi connectivity index (χ1) is 8.95. The van der Waals surface area contributed by atoms with Crippen molar-refractivity contribution in [2.24, 2.45) is 0 Å². The Labute approximate surface area is 107 Å². The number of hydrogen-bond donors (Lipinski definition) is 0. The van der Waals surface area contributed by atoms with Crippen LogP contribution in [0.15, 0.2) is 53.1 Å². The Bertz CT molecular complexity index is 575. The molecule has 0 aliphatic heterocycles. The van der Waals surface area contributed by atoms with Crippen LogP contribution in [0.1, 0.15) is 11.3 Å². The Hall–Kier alpha value is -2.42. The van der Waals surface area contributed by atoms with Gasteiger partial charge in [0.2, 0.25) is 0 Å². The second kappa shape index (κ2) is 7.01. The molecule has 0 amide bonds. The molecule has 1 aromatic carbocycles. The number of rotatable bonds is 2. The van der Waals surface area contributed by atoms with Crippen molar-refractivity contribution in [2.75, 3.05) is 13.2 Å². The fourth-order valence-electron chi connectivity index (χ4n) is 1.29. The van der Waals surface area contributed by atoms with E-state index in [4.69, 9.17) is 9.15 Å². The van der Waals surface area contributed by atoms with Crippen molar-refractivity contribution in [3.05, 3.63) is 60.1 Å². The number of ether oxygens (including phenoxy) is 1. The predicted molar refractivity (Wildman–Crippen MR) is 69.7 cm³/mol. The second-order valence-electron chi connectivity index (χ2n) is 3.44. The van der Waals surface area contributed by atoms with Gasteiger partial charge < -0.3 is 9.15 Å². The van der Waals surface area contributed by atoms with E-state index in [1.54, 1.807) is 12.3 Å². The fourth-order valence-corrected chi connectivity index (χ4v) is 1.29. The quantitative estimate of drug-likeness (QED) is 0.591. The molecular weight excluding hydrogens is 224 g/mol. The minimum absolute atomic E-state index is 0.351. The predicted octanol–water partition coefficient (Wildman–Crippen LogP) is 2.70. The summed E-state index contributed by atoms with van der Waals surface area (Å²) in [7, 11) is 0. The molecular formula is C16H12O2. The molecule has 2 heteroatoms. The molecule has 0 saturated heterocycles. The Kier molecular flexibility index (Phi) is 4.69. The minimum Gasteiger partial charge on any atom is -0.456 e. The van der Waals surface area contributed by atoms with Crippen LogP contribution in [0.2, 0.25) is 0 Å². The van der Waals surface area contributed by atoms with Gasteiger partial charge in [0.15, 0.2) is 5.76 Å². The van der Waals surface area contributed by atoms with Crippen LogP contribution in [0.4, 0.5) is 0 Å². The molecule has 0 atom stereocenters. The van der Waals surface area contributed by atoms with Gasteiger partial charge in [-0.2, -0.15) is 0 Å². The monoisotopic (exact) mass is 236 g/mol. The Morgan fingerprint density at radius 3 is 2.39 bits per heavy atom. The molecule has 2 nitrogen and oxygen atoms in total. The van der Waals surface area contributed by atoms with Crippen molar-refractivity contribution in [2.45, 2.75) is 0 Å². The molecule has 18 heavy (non-hydrogen) atoms. The van der Waals surface area contributed by atoms with Crippen molar-refractivity contribution in [1.29, 1.82) is 0 Å². The highest BCUT2D eigenvalue weighted by Gasteiger charge is 1.85. The van der Waals surface area contributed by atoms with Gasteiger partial charge in [-0.25, -0.2) is 0 Å². The molecule has 0 spiro atoms. The van der Waals surface area contributed by atoms with Crippen LogP contribution in [0.25, 0.3) is 0 Å². The van der Waals surface area contributed by atoms with E-state index in [0.29, 0.717) is 19.0 Å². The van der Waals surface area contributed by atoms with Gasteiger partial charge >= 0.3 is 0 Å². The lowest BCUT2D eigenvalue weighted by molar-refractivity contribution is 0.204. The third-order valence-corrected chi connectivity index (χ3v) is 2.09. The highest BCUT2D eigenvalue weighted by atomic mass is 16.5. The Balaban J connectivity index is 1.69. The van der Waals surface area contributed by atoms with Gasteiger partial charge in [0.1, 0.15) is 13.2 Å². The van der Waals surface area contributed by atoms with Crippen LogP contribution >= 0.6 is 0 Å². The van der Waals surface area contributed by atoms with E-state index in [1.807, 2.05) is 36.4 Å². The summed E-state index contributed by atoms with van der Waals surface area (Å²) in [6, 6.07) is 13.4.